The van der Waals surface area contributed by atoms with Gasteiger partial charge in [0.2, 0.25) is 10.0 Å². The Morgan fingerprint density at radius 1 is 1.00 bits per heavy atom. The van der Waals surface area contributed by atoms with Crippen molar-refractivity contribution in [2.45, 2.75) is 28.7 Å². The Hall–Kier alpha value is -3.41. The number of carboxylic acid groups (broad SMARTS) is 2. The molecule has 0 heterocycles. The standard InChI is InChI=1S/C26H21ClF3NO6S/c27-20-8-4-16(5-9-20)17-6-10-21(11-7-17)38(36,37)31(14-23(32)33)25(24(34)35)13-22(25)18-2-1-3-19(12-18)26(29,30)15-28/h1-12,22H,13-15H2,(H,32,33)(H,34,35). The van der Waals surface area contributed by atoms with E-state index in [1.807, 2.05) is 0 Å². The smallest absolute Gasteiger partial charge is 0.325 e. The summed E-state index contributed by atoms with van der Waals surface area (Å²) in [5.74, 6) is -8.20. The first-order valence-corrected chi connectivity index (χ1v) is 13.0. The fourth-order valence-corrected chi connectivity index (χ4v) is 6.33. The summed E-state index contributed by atoms with van der Waals surface area (Å²) < 4.78 is 68.3. The molecule has 38 heavy (non-hydrogen) atoms. The van der Waals surface area contributed by atoms with Gasteiger partial charge in [-0.15, -0.1) is 0 Å². The van der Waals surface area contributed by atoms with E-state index in [4.69, 9.17) is 11.6 Å². The van der Waals surface area contributed by atoms with Gasteiger partial charge in [-0.25, -0.2) is 12.8 Å². The van der Waals surface area contributed by atoms with E-state index < -0.39 is 58.1 Å². The first-order chi connectivity index (χ1) is 17.8. The number of hydrogen-bond acceptors (Lipinski definition) is 4. The summed E-state index contributed by atoms with van der Waals surface area (Å²) in [6.07, 6.45) is -0.359. The maximum absolute atomic E-state index is 13.9. The molecule has 1 fully saturated rings. The van der Waals surface area contributed by atoms with Crippen molar-refractivity contribution in [1.29, 1.82) is 0 Å². The lowest BCUT2D eigenvalue weighted by molar-refractivity contribution is -0.145. The SMILES string of the molecule is O=C(O)CN(C1(C(=O)O)CC1c1cccc(C(F)(F)CF)c1)S(=O)(=O)c1ccc(-c2ccc(Cl)cc2)cc1. The predicted molar refractivity (Wildman–Crippen MR) is 132 cm³/mol. The van der Waals surface area contributed by atoms with Crippen molar-refractivity contribution in [3.8, 4) is 11.1 Å². The molecule has 3 aromatic rings. The molecule has 0 spiro atoms. The summed E-state index contributed by atoms with van der Waals surface area (Å²) in [6, 6.07) is 16.6. The maximum Gasteiger partial charge on any atom is 0.325 e. The van der Waals surface area contributed by atoms with E-state index in [2.05, 4.69) is 0 Å². The van der Waals surface area contributed by atoms with E-state index in [9.17, 15) is 41.4 Å². The normalized spacial score (nSPS) is 19.3. The fourth-order valence-electron chi connectivity index (χ4n) is 4.48. The second-order valence-corrected chi connectivity index (χ2v) is 11.2. The topological polar surface area (TPSA) is 112 Å². The Morgan fingerprint density at radius 2 is 1.58 bits per heavy atom. The van der Waals surface area contributed by atoms with Crippen LogP contribution in [-0.4, -0.2) is 53.6 Å². The molecule has 1 saturated carbocycles. The number of aliphatic carboxylic acids is 2. The van der Waals surface area contributed by atoms with Gasteiger partial charge < -0.3 is 10.2 Å². The molecular weight excluding hydrogens is 547 g/mol. The second-order valence-electron chi connectivity index (χ2n) is 8.89. The van der Waals surface area contributed by atoms with Gasteiger partial charge in [0, 0.05) is 16.5 Å². The summed E-state index contributed by atoms with van der Waals surface area (Å²) in [4.78, 5) is 23.8. The molecule has 1 aliphatic rings. The fraction of sp³-hybridized carbons (Fsp3) is 0.231. The highest BCUT2D eigenvalue weighted by Gasteiger charge is 2.68. The first-order valence-electron chi connectivity index (χ1n) is 11.2. The van der Waals surface area contributed by atoms with Crippen molar-refractivity contribution in [2.24, 2.45) is 0 Å². The van der Waals surface area contributed by atoms with Gasteiger partial charge in [-0.05, 0) is 53.4 Å². The van der Waals surface area contributed by atoms with Crippen LogP contribution in [0.25, 0.3) is 11.1 Å². The van der Waals surface area contributed by atoms with Crippen LogP contribution in [-0.2, 0) is 25.5 Å². The van der Waals surface area contributed by atoms with Crippen LogP contribution in [0.5, 0.6) is 0 Å². The number of rotatable bonds is 10. The molecule has 12 heteroatoms. The van der Waals surface area contributed by atoms with Gasteiger partial charge in [-0.2, -0.15) is 13.1 Å². The van der Waals surface area contributed by atoms with Crippen LogP contribution in [0.2, 0.25) is 5.02 Å². The van der Waals surface area contributed by atoms with Gasteiger partial charge in [0.05, 0.1) is 4.90 Å². The molecule has 4 rings (SSSR count). The summed E-state index contributed by atoms with van der Waals surface area (Å²) in [7, 11) is -4.68. The van der Waals surface area contributed by atoms with E-state index in [1.54, 1.807) is 24.3 Å². The number of halogens is 4. The molecule has 2 N–H and O–H groups in total. The predicted octanol–water partition coefficient (Wildman–Crippen LogP) is 5.15. The Bertz CT molecular complexity index is 1480. The minimum absolute atomic E-state index is 0.0294. The van der Waals surface area contributed by atoms with Crippen molar-refractivity contribution in [1.82, 2.24) is 4.31 Å². The summed E-state index contributed by atoms with van der Waals surface area (Å²) in [5.41, 5.74) is -1.55. The van der Waals surface area contributed by atoms with Crippen LogP contribution in [0.15, 0.2) is 77.7 Å². The number of alkyl halides is 3. The van der Waals surface area contributed by atoms with Crippen LogP contribution in [0.3, 0.4) is 0 Å². The third-order valence-corrected chi connectivity index (χ3v) is 8.68. The number of nitrogens with zero attached hydrogens (tertiary/aromatic N) is 1. The van der Waals surface area contributed by atoms with E-state index in [1.165, 1.54) is 36.4 Å². The monoisotopic (exact) mass is 567 g/mol. The molecule has 0 bridgehead atoms. The van der Waals surface area contributed by atoms with Crippen LogP contribution >= 0.6 is 11.6 Å². The van der Waals surface area contributed by atoms with Crippen LogP contribution in [0.4, 0.5) is 13.2 Å². The molecule has 1 aliphatic carbocycles. The second kappa shape index (κ2) is 10.0. The lowest BCUT2D eigenvalue weighted by atomic mass is 10.0. The van der Waals surface area contributed by atoms with E-state index in [0.717, 1.165) is 17.7 Å². The summed E-state index contributed by atoms with van der Waals surface area (Å²) in [5, 5.41) is 20.1. The molecule has 200 valence electrons. The zero-order valence-corrected chi connectivity index (χ0v) is 21.1. The summed E-state index contributed by atoms with van der Waals surface area (Å²) >= 11 is 5.89. The molecule has 0 radical (unpaired) electrons. The lowest BCUT2D eigenvalue weighted by Gasteiger charge is -2.28. The van der Waals surface area contributed by atoms with Gasteiger partial charge in [0.25, 0.3) is 0 Å². The maximum atomic E-state index is 13.9. The molecule has 0 saturated heterocycles. The highest BCUT2D eigenvalue weighted by Crippen LogP contribution is 2.57. The van der Waals surface area contributed by atoms with Gasteiger partial charge >= 0.3 is 17.9 Å². The Balaban J connectivity index is 1.73. The van der Waals surface area contributed by atoms with Crippen molar-refractivity contribution in [3.05, 3.63) is 88.9 Å². The average molecular weight is 568 g/mol. The highest BCUT2D eigenvalue weighted by molar-refractivity contribution is 7.89. The first kappa shape index (κ1) is 27.6. The minimum Gasteiger partial charge on any atom is -0.480 e. The van der Waals surface area contributed by atoms with E-state index in [0.29, 0.717) is 14.9 Å². The third-order valence-electron chi connectivity index (χ3n) is 6.52. The van der Waals surface area contributed by atoms with Crippen LogP contribution in [0.1, 0.15) is 23.5 Å². The molecule has 0 amide bonds. The van der Waals surface area contributed by atoms with Gasteiger partial charge in [0.15, 0.2) is 6.67 Å². The Morgan fingerprint density at radius 3 is 2.11 bits per heavy atom. The van der Waals surface area contributed by atoms with E-state index >= 15 is 0 Å². The number of sulfonamides is 1. The molecule has 7 nitrogen and oxygen atoms in total. The van der Waals surface area contributed by atoms with Crippen molar-refractivity contribution >= 4 is 33.6 Å². The molecular formula is C26H21ClF3NO6S. The highest BCUT2D eigenvalue weighted by atomic mass is 35.5. The van der Waals surface area contributed by atoms with Crippen LogP contribution < -0.4 is 0 Å². The largest absolute Gasteiger partial charge is 0.480 e. The Kier molecular flexibility index (Phi) is 7.30. The van der Waals surface area contributed by atoms with Gasteiger partial charge in [-0.3, -0.25) is 9.59 Å². The zero-order chi connectivity index (χ0) is 27.9. The molecule has 3 aromatic carbocycles. The number of carboxylic acids is 2. The molecule has 2 unspecified atom stereocenters. The van der Waals surface area contributed by atoms with Gasteiger partial charge in [0.1, 0.15) is 12.1 Å². The minimum atomic E-state index is -4.68. The molecule has 0 aromatic heterocycles. The van der Waals surface area contributed by atoms with Gasteiger partial charge in [-0.1, -0.05) is 54.1 Å². The average Bonchev–Trinajstić information content (AvgIpc) is 3.65. The number of carbonyl (C=O) groups is 2. The quantitative estimate of drug-likeness (QED) is 0.350. The zero-order valence-electron chi connectivity index (χ0n) is 19.5. The number of benzene rings is 3. The van der Waals surface area contributed by atoms with Crippen LogP contribution in [0, 0.1) is 0 Å². The number of hydrogen-bond donors (Lipinski definition) is 2. The third kappa shape index (κ3) is 5.01. The Labute approximate surface area is 221 Å². The van der Waals surface area contributed by atoms with Crippen molar-refractivity contribution < 1.29 is 41.4 Å². The lowest BCUT2D eigenvalue weighted by Crippen LogP contribution is -2.50. The molecule has 0 aliphatic heterocycles. The molecule has 2 atom stereocenters. The van der Waals surface area contributed by atoms with E-state index in [-0.39, 0.29) is 16.9 Å². The summed E-state index contributed by atoms with van der Waals surface area (Å²) in [6.45, 7) is -3.15. The van der Waals surface area contributed by atoms with Crippen molar-refractivity contribution in [2.75, 3.05) is 13.2 Å². The van der Waals surface area contributed by atoms with Crippen molar-refractivity contribution in [3.63, 3.8) is 0 Å².